The second-order valence-corrected chi connectivity index (χ2v) is 12.1. The van der Waals surface area contributed by atoms with E-state index in [0.717, 1.165) is 37.0 Å². The van der Waals surface area contributed by atoms with Crippen molar-refractivity contribution in [2.24, 2.45) is 0 Å². The van der Waals surface area contributed by atoms with Crippen LogP contribution >= 0.6 is 0 Å². The van der Waals surface area contributed by atoms with Crippen molar-refractivity contribution in [2.75, 3.05) is 20.7 Å². The van der Waals surface area contributed by atoms with Crippen molar-refractivity contribution in [3.05, 3.63) is 58.8 Å². The number of ether oxygens (including phenoxy) is 1. The molecule has 3 aliphatic rings. The zero-order valence-electron chi connectivity index (χ0n) is 20.8. The van der Waals surface area contributed by atoms with Gasteiger partial charge in [0, 0.05) is 25.8 Å². The predicted octanol–water partition coefficient (Wildman–Crippen LogP) is 3.43. The van der Waals surface area contributed by atoms with E-state index in [-0.39, 0.29) is 18.2 Å². The van der Waals surface area contributed by atoms with Crippen molar-refractivity contribution < 1.29 is 18.3 Å². The topological polar surface area (TPSA) is 82.1 Å². The molecule has 188 valence electrons. The second kappa shape index (κ2) is 10.5. The van der Waals surface area contributed by atoms with Gasteiger partial charge in [0.25, 0.3) is 10.2 Å². The Balaban J connectivity index is 1.43. The SMILES string of the molecule is CC1=CC=C2CCC(NS(=O)(=O)N(C)C)C(COC3CCC(c4ccc(C)cc4)CC3)N2C1O. The van der Waals surface area contributed by atoms with E-state index in [0.29, 0.717) is 25.4 Å². The number of piperidine rings is 1. The van der Waals surface area contributed by atoms with Gasteiger partial charge in [-0.25, -0.2) is 0 Å². The average molecular weight is 490 g/mol. The number of fused-ring (bicyclic) bond motifs is 1. The van der Waals surface area contributed by atoms with Crippen LogP contribution in [0.15, 0.2) is 47.7 Å². The fraction of sp³-hybridized carbons (Fsp3) is 0.615. The maximum absolute atomic E-state index is 12.6. The number of rotatable bonds is 7. The van der Waals surface area contributed by atoms with Gasteiger partial charge in [-0.3, -0.25) is 0 Å². The van der Waals surface area contributed by atoms with Gasteiger partial charge in [-0.2, -0.15) is 17.4 Å². The van der Waals surface area contributed by atoms with Crippen molar-refractivity contribution in [3.63, 3.8) is 0 Å². The molecule has 7 nitrogen and oxygen atoms in total. The normalized spacial score (nSPS) is 30.1. The van der Waals surface area contributed by atoms with E-state index in [1.165, 1.54) is 29.5 Å². The molecule has 3 atom stereocenters. The lowest BCUT2D eigenvalue weighted by Gasteiger charge is -2.48. The Morgan fingerprint density at radius 1 is 1.06 bits per heavy atom. The number of nitrogens with zero attached hydrogens (tertiary/aromatic N) is 2. The fourth-order valence-electron chi connectivity index (χ4n) is 5.34. The second-order valence-electron chi connectivity index (χ2n) is 10.2. The summed E-state index contributed by atoms with van der Waals surface area (Å²) in [6, 6.07) is 8.23. The maximum atomic E-state index is 12.6. The highest BCUT2D eigenvalue weighted by Gasteiger charge is 2.41. The summed E-state index contributed by atoms with van der Waals surface area (Å²) in [5.41, 5.74) is 4.58. The minimum atomic E-state index is -3.60. The summed E-state index contributed by atoms with van der Waals surface area (Å²) in [5, 5.41) is 11.0. The van der Waals surface area contributed by atoms with Crippen LogP contribution in [0, 0.1) is 6.92 Å². The Morgan fingerprint density at radius 3 is 2.38 bits per heavy atom. The number of benzene rings is 1. The summed E-state index contributed by atoms with van der Waals surface area (Å²) in [6.07, 6.45) is 8.92. The van der Waals surface area contributed by atoms with Crippen LogP contribution in [0.25, 0.3) is 0 Å². The van der Waals surface area contributed by atoms with E-state index in [4.69, 9.17) is 4.74 Å². The van der Waals surface area contributed by atoms with E-state index in [2.05, 4.69) is 35.9 Å². The summed E-state index contributed by atoms with van der Waals surface area (Å²) in [5.74, 6) is 0.570. The molecule has 1 aromatic rings. The molecule has 1 saturated carbocycles. The Hall–Kier alpha value is -1.71. The van der Waals surface area contributed by atoms with Crippen LogP contribution in [0.1, 0.15) is 62.5 Å². The van der Waals surface area contributed by atoms with Crippen molar-refractivity contribution in [1.29, 1.82) is 0 Å². The number of hydrogen-bond acceptors (Lipinski definition) is 5. The number of hydrogen-bond donors (Lipinski definition) is 2. The molecule has 3 unspecified atom stereocenters. The number of aliphatic hydroxyl groups is 1. The first-order valence-corrected chi connectivity index (χ1v) is 13.8. The number of allylic oxidation sites excluding steroid dienone is 3. The number of aryl methyl sites for hydroxylation is 1. The summed E-state index contributed by atoms with van der Waals surface area (Å²) in [6.45, 7) is 4.39. The van der Waals surface area contributed by atoms with Crippen LogP contribution in [0.4, 0.5) is 0 Å². The van der Waals surface area contributed by atoms with Gasteiger partial charge in [-0.15, -0.1) is 0 Å². The van der Waals surface area contributed by atoms with Crippen LogP contribution in [0.3, 0.4) is 0 Å². The lowest BCUT2D eigenvalue weighted by Crippen LogP contribution is -2.61. The van der Waals surface area contributed by atoms with E-state index in [1.54, 1.807) is 0 Å². The summed E-state index contributed by atoms with van der Waals surface area (Å²) in [4.78, 5) is 1.96. The molecule has 8 heteroatoms. The van der Waals surface area contributed by atoms with Crippen molar-refractivity contribution in [2.45, 2.75) is 82.7 Å². The van der Waals surface area contributed by atoms with Gasteiger partial charge in [0.2, 0.25) is 0 Å². The van der Waals surface area contributed by atoms with Crippen LogP contribution in [0.5, 0.6) is 0 Å². The molecule has 1 aliphatic carbocycles. The van der Waals surface area contributed by atoms with Gasteiger partial charge < -0.3 is 14.7 Å². The molecule has 0 spiro atoms. The first-order chi connectivity index (χ1) is 16.2. The summed E-state index contributed by atoms with van der Waals surface area (Å²) < 4.78 is 35.7. The molecule has 1 aromatic carbocycles. The molecule has 0 amide bonds. The van der Waals surface area contributed by atoms with E-state index < -0.39 is 16.4 Å². The Bertz CT molecular complexity index is 1010. The first kappa shape index (κ1) is 25.4. The van der Waals surface area contributed by atoms with E-state index in [1.807, 2.05) is 24.0 Å². The largest absolute Gasteiger partial charge is 0.376 e. The van der Waals surface area contributed by atoms with Crippen molar-refractivity contribution >= 4 is 10.2 Å². The van der Waals surface area contributed by atoms with Crippen LogP contribution in [-0.4, -0.2) is 67.8 Å². The van der Waals surface area contributed by atoms with Gasteiger partial charge in [0.15, 0.2) is 0 Å². The highest BCUT2D eigenvalue weighted by atomic mass is 32.2. The molecular weight excluding hydrogens is 450 g/mol. The molecule has 2 aliphatic heterocycles. The minimum Gasteiger partial charge on any atom is -0.376 e. The third kappa shape index (κ3) is 5.57. The Morgan fingerprint density at radius 2 is 1.74 bits per heavy atom. The molecule has 2 N–H and O–H groups in total. The Labute approximate surface area is 204 Å². The number of nitrogens with one attached hydrogen (secondary N) is 1. The summed E-state index contributed by atoms with van der Waals surface area (Å²) >= 11 is 0. The van der Waals surface area contributed by atoms with E-state index >= 15 is 0 Å². The zero-order chi connectivity index (χ0) is 24.5. The highest BCUT2D eigenvalue weighted by molar-refractivity contribution is 7.87. The molecule has 0 bridgehead atoms. The molecule has 4 rings (SSSR count). The van der Waals surface area contributed by atoms with Gasteiger partial charge in [0.05, 0.1) is 18.8 Å². The van der Waals surface area contributed by atoms with Gasteiger partial charge in [-0.1, -0.05) is 35.9 Å². The third-order valence-corrected chi connectivity index (χ3v) is 9.14. The predicted molar refractivity (Wildman–Crippen MR) is 134 cm³/mol. The molecule has 1 saturated heterocycles. The standard InChI is InChI=1S/C26H39N3O4S/c1-18-5-8-20(9-6-18)21-10-14-23(15-11-21)33-17-25-24(27-34(31,32)28(3)4)16-13-22-12-7-19(2)26(30)29(22)25/h5-9,12,21,23-27,30H,10-11,13-17H2,1-4H3. The van der Waals surface area contributed by atoms with Gasteiger partial charge in [-0.05, 0) is 75.5 Å². The van der Waals surface area contributed by atoms with Gasteiger partial charge in [0.1, 0.15) is 6.23 Å². The Kier molecular flexibility index (Phi) is 7.84. The first-order valence-electron chi connectivity index (χ1n) is 12.4. The lowest BCUT2D eigenvalue weighted by atomic mass is 9.82. The van der Waals surface area contributed by atoms with Gasteiger partial charge >= 0.3 is 0 Å². The minimum absolute atomic E-state index is 0.153. The quantitative estimate of drug-likeness (QED) is 0.613. The lowest BCUT2D eigenvalue weighted by molar-refractivity contribution is -0.0591. The molecular formula is C26H39N3O4S. The smallest absolute Gasteiger partial charge is 0.279 e. The molecule has 0 radical (unpaired) electrons. The van der Waals surface area contributed by atoms with Crippen LogP contribution < -0.4 is 4.72 Å². The molecule has 2 heterocycles. The monoisotopic (exact) mass is 489 g/mol. The maximum Gasteiger partial charge on any atom is 0.279 e. The fourth-order valence-corrected chi connectivity index (χ4v) is 6.21. The van der Waals surface area contributed by atoms with Crippen LogP contribution in [-0.2, 0) is 14.9 Å². The average Bonchev–Trinajstić information content (AvgIpc) is 2.81. The van der Waals surface area contributed by atoms with Crippen molar-refractivity contribution in [1.82, 2.24) is 13.9 Å². The molecule has 2 fully saturated rings. The summed E-state index contributed by atoms with van der Waals surface area (Å²) in [7, 11) is -0.549. The van der Waals surface area contributed by atoms with Crippen molar-refractivity contribution in [3.8, 4) is 0 Å². The molecule has 34 heavy (non-hydrogen) atoms. The number of aliphatic hydroxyl groups excluding tert-OH is 1. The highest BCUT2D eigenvalue weighted by Crippen LogP contribution is 2.36. The third-order valence-electron chi connectivity index (χ3n) is 7.58. The zero-order valence-corrected chi connectivity index (χ0v) is 21.6. The van der Waals surface area contributed by atoms with E-state index in [9.17, 15) is 13.5 Å². The molecule has 0 aromatic heterocycles. The van der Waals surface area contributed by atoms with Crippen LogP contribution in [0.2, 0.25) is 0 Å².